The van der Waals surface area contributed by atoms with Crippen LogP contribution in [-0.4, -0.2) is 153 Å². The number of hydrogen-bond acceptors (Lipinski definition) is 12. The van der Waals surface area contributed by atoms with Crippen LogP contribution < -0.4 is 43.0 Å². The van der Waals surface area contributed by atoms with Crippen LogP contribution in [0.2, 0.25) is 0 Å². The Morgan fingerprint density at radius 2 is 1.24 bits per heavy atom. The maximum Gasteiger partial charge on any atom is 0.326 e. The monoisotopic (exact) mass is 997 g/mol. The summed E-state index contributed by atoms with van der Waals surface area (Å²) in [7, 11) is 0. The number of phenols is 1. The van der Waals surface area contributed by atoms with Crippen molar-refractivity contribution in [3.05, 3.63) is 65.7 Å². The Morgan fingerprint density at radius 1 is 0.676 bits per heavy atom. The highest BCUT2D eigenvalue weighted by atomic mass is 16.4. The van der Waals surface area contributed by atoms with E-state index in [0.29, 0.717) is 18.4 Å². The van der Waals surface area contributed by atoms with Crippen LogP contribution in [0.25, 0.3) is 0 Å². The zero-order valence-corrected chi connectivity index (χ0v) is 41.6. The molecule has 0 spiro atoms. The summed E-state index contributed by atoms with van der Waals surface area (Å²) in [6.07, 6.45) is -0.213. The van der Waals surface area contributed by atoms with E-state index in [1.165, 1.54) is 24.0 Å². The molecule has 1 fully saturated rings. The van der Waals surface area contributed by atoms with Gasteiger partial charge in [-0.3, -0.25) is 38.4 Å². The topological polar surface area (TPSA) is 350 Å². The molecule has 22 nitrogen and oxygen atoms in total. The number of carbonyl (C=O) groups is 9. The predicted molar refractivity (Wildman–Crippen MR) is 258 cm³/mol. The molecule has 0 aliphatic carbocycles. The Bertz CT molecular complexity index is 2140. The number of benzene rings is 2. The molecule has 71 heavy (non-hydrogen) atoms. The quantitative estimate of drug-likeness (QED) is 0.0462. The number of likely N-dealkylation sites (tertiary alicyclic amines) is 1. The van der Waals surface area contributed by atoms with Gasteiger partial charge in [0, 0.05) is 19.4 Å². The molecule has 2 aromatic carbocycles. The minimum absolute atomic E-state index is 0.0334. The van der Waals surface area contributed by atoms with E-state index in [-0.39, 0.29) is 43.9 Å². The number of amides is 8. The Hall–Kier alpha value is -6.65. The van der Waals surface area contributed by atoms with Gasteiger partial charge in [-0.25, -0.2) is 4.79 Å². The van der Waals surface area contributed by atoms with Crippen molar-refractivity contribution in [1.29, 1.82) is 0 Å². The SMILES string of the molecule is CC[C@H](C)[C@H](NC(=O)[C@H](CO)NC(=O)[C@@H]([NH3+])Cc1ccccc1)C(=O)N[C@H](C(=O)NCC(=O)N[C@H](C(=O)N[C@@H](CC(C)C)C(=O)N[C@@H](Cc1ccc(O)cc1)C(=O)N1CCC[C@H]1C(=O)O)[C@@H](C)O)C(C)C. The van der Waals surface area contributed by atoms with Gasteiger partial charge in [0.25, 0.3) is 5.91 Å². The minimum atomic E-state index is -1.64. The molecule has 0 aromatic heterocycles. The van der Waals surface area contributed by atoms with Crippen molar-refractivity contribution >= 4 is 53.2 Å². The highest BCUT2D eigenvalue weighted by molar-refractivity contribution is 5.97. The Kier molecular flexibility index (Phi) is 23.4. The summed E-state index contributed by atoms with van der Waals surface area (Å²) in [6.45, 7) is 10.1. The molecule has 22 heteroatoms. The fourth-order valence-corrected chi connectivity index (χ4v) is 7.91. The first kappa shape index (κ1) is 58.7. The smallest absolute Gasteiger partial charge is 0.326 e. The highest BCUT2D eigenvalue weighted by Gasteiger charge is 2.40. The molecule has 10 atom stereocenters. The third-order valence-electron chi connectivity index (χ3n) is 12.2. The maximum atomic E-state index is 14.0. The number of phenolic OH excluding ortho intramolecular Hbond substituents is 1. The van der Waals surface area contributed by atoms with Crippen molar-refractivity contribution in [2.75, 3.05) is 19.7 Å². The van der Waals surface area contributed by atoms with Crippen molar-refractivity contribution in [3.8, 4) is 5.75 Å². The summed E-state index contributed by atoms with van der Waals surface area (Å²) < 4.78 is 0. The lowest BCUT2D eigenvalue weighted by Gasteiger charge is -2.30. The first-order chi connectivity index (χ1) is 33.5. The van der Waals surface area contributed by atoms with Gasteiger partial charge < -0.3 is 68.3 Å². The van der Waals surface area contributed by atoms with Crippen LogP contribution in [0.5, 0.6) is 5.75 Å². The third kappa shape index (κ3) is 18.2. The van der Waals surface area contributed by atoms with Gasteiger partial charge in [0.1, 0.15) is 48.0 Å². The number of carboxylic acid groups (broad SMARTS) is 1. The van der Waals surface area contributed by atoms with E-state index in [1.807, 2.05) is 30.3 Å². The van der Waals surface area contributed by atoms with Crippen LogP contribution in [0.15, 0.2) is 54.6 Å². The van der Waals surface area contributed by atoms with Crippen molar-refractivity contribution < 1.29 is 69.3 Å². The Balaban J connectivity index is 1.68. The Morgan fingerprint density at radius 3 is 1.80 bits per heavy atom. The lowest BCUT2D eigenvalue weighted by molar-refractivity contribution is -0.403. The number of rotatable bonds is 27. The molecule has 0 radical (unpaired) electrons. The molecule has 0 saturated carbocycles. The number of carbonyl (C=O) groups excluding carboxylic acids is 8. The summed E-state index contributed by atoms with van der Waals surface area (Å²) in [5.74, 6) is -8.80. The molecule has 3 rings (SSSR count). The zero-order valence-electron chi connectivity index (χ0n) is 41.6. The van der Waals surface area contributed by atoms with Crippen LogP contribution >= 0.6 is 0 Å². The number of aliphatic carboxylic acids is 1. The molecule has 1 heterocycles. The molecule has 1 aliphatic heterocycles. The standard InChI is InChI=1S/C49H73N9O13/c1-8-28(6)40(57-44(65)36(25-59)54-42(63)33(50)22-30-13-10-9-11-14-30)46(67)56-39(27(4)5)45(66)51-24-38(62)55-41(29(7)60)47(68)52-34(21-26(2)3)43(64)53-35(23-31-16-18-32(61)19-17-31)48(69)58-20-12-15-37(58)49(70)71/h9-11,13-14,16-19,26-29,33-37,39-41,59-61H,8,12,15,20-25,50H2,1-7H3,(H,51,66)(H,52,68)(H,53,64)(H,54,63)(H,55,62)(H,56,67)(H,57,65)(H,70,71)/p+1/t28-,29+,33-,34-,35-,36-,37-,39-,40-,41-/m0/s1. The number of nitrogens with one attached hydrogen (secondary N) is 7. The van der Waals surface area contributed by atoms with Gasteiger partial charge in [-0.05, 0) is 67.2 Å². The second-order valence-corrected chi connectivity index (χ2v) is 18.9. The van der Waals surface area contributed by atoms with Crippen molar-refractivity contribution in [2.45, 2.75) is 141 Å². The van der Waals surface area contributed by atoms with E-state index in [2.05, 4.69) is 43.0 Å². The number of aromatic hydroxyl groups is 1. The number of nitrogens with zero attached hydrogens (tertiary/aromatic N) is 1. The fourth-order valence-electron chi connectivity index (χ4n) is 7.91. The summed E-state index contributed by atoms with van der Waals surface area (Å²) in [5.41, 5.74) is 5.26. The molecular formula is C49H74N9O13+. The van der Waals surface area contributed by atoms with Crippen molar-refractivity contribution in [2.24, 2.45) is 17.8 Å². The maximum absolute atomic E-state index is 14.0. The number of carboxylic acids is 1. The van der Waals surface area contributed by atoms with E-state index >= 15 is 0 Å². The van der Waals surface area contributed by atoms with E-state index in [0.717, 1.165) is 5.56 Å². The lowest BCUT2D eigenvalue weighted by atomic mass is 9.96. The molecule has 1 aliphatic rings. The average Bonchev–Trinajstić information content (AvgIpc) is 3.83. The van der Waals surface area contributed by atoms with E-state index in [9.17, 15) is 63.6 Å². The van der Waals surface area contributed by atoms with Gasteiger partial charge in [0.2, 0.25) is 41.4 Å². The summed E-state index contributed by atoms with van der Waals surface area (Å²) in [6, 6.07) is 4.99. The van der Waals surface area contributed by atoms with Crippen LogP contribution in [0.3, 0.4) is 0 Å². The van der Waals surface area contributed by atoms with Crippen molar-refractivity contribution in [1.82, 2.24) is 42.1 Å². The van der Waals surface area contributed by atoms with Gasteiger partial charge in [0.05, 0.1) is 19.3 Å². The van der Waals surface area contributed by atoms with E-state index < -0.39 is 133 Å². The summed E-state index contributed by atoms with van der Waals surface area (Å²) >= 11 is 0. The van der Waals surface area contributed by atoms with Gasteiger partial charge in [-0.15, -0.1) is 0 Å². The van der Waals surface area contributed by atoms with Gasteiger partial charge in [-0.2, -0.15) is 0 Å². The lowest BCUT2D eigenvalue weighted by Crippen LogP contribution is -2.70. The van der Waals surface area contributed by atoms with E-state index in [4.69, 9.17) is 0 Å². The van der Waals surface area contributed by atoms with Crippen molar-refractivity contribution in [3.63, 3.8) is 0 Å². The second kappa shape index (κ2) is 28.3. The molecule has 2 aromatic rings. The minimum Gasteiger partial charge on any atom is -0.508 e. The normalized spacial score (nSPS) is 17.2. The molecule has 1 saturated heterocycles. The van der Waals surface area contributed by atoms with Crippen LogP contribution in [0.1, 0.15) is 85.3 Å². The Labute approximate surface area is 414 Å². The second-order valence-electron chi connectivity index (χ2n) is 18.9. The molecule has 392 valence electrons. The van der Waals surface area contributed by atoms with Gasteiger partial charge in [-0.1, -0.05) is 90.4 Å². The molecule has 8 amide bonds. The molecule has 14 N–H and O–H groups in total. The molecule has 0 bridgehead atoms. The largest absolute Gasteiger partial charge is 0.508 e. The van der Waals surface area contributed by atoms with Crippen LogP contribution in [-0.2, 0) is 56.0 Å². The first-order valence-electron chi connectivity index (χ1n) is 24.0. The summed E-state index contributed by atoms with van der Waals surface area (Å²) in [4.78, 5) is 122. The molecular weight excluding hydrogens is 923 g/mol. The number of aliphatic hydroxyl groups is 2. The first-order valence-corrected chi connectivity index (χ1v) is 24.0. The number of aliphatic hydroxyl groups excluding tert-OH is 2. The molecule has 0 unspecified atom stereocenters. The van der Waals surface area contributed by atoms with E-state index in [1.54, 1.807) is 53.7 Å². The summed E-state index contributed by atoms with van der Waals surface area (Å²) in [5, 5.41) is 58.0. The number of quaternary nitrogens is 1. The van der Waals surface area contributed by atoms with Gasteiger partial charge in [0.15, 0.2) is 6.04 Å². The number of hydrogen-bond donors (Lipinski definition) is 12. The van der Waals surface area contributed by atoms with Crippen LogP contribution in [0, 0.1) is 17.8 Å². The van der Waals surface area contributed by atoms with Gasteiger partial charge >= 0.3 is 5.97 Å². The fraction of sp³-hybridized carbons (Fsp3) is 0.571. The predicted octanol–water partition coefficient (Wildman–Crippen LogP) is -1.99. The third-order valence-corrected chi connectivity index (χ3v) is 12.2. The average molecular weight is 997 g/mol. The van der Waals surface area contributed by atoms with Crippen LogP contribution in [0.4, 0.5) is 0 Å². The zero-order chi connectivity index (χ0) is 53.1. The highest BCUT2D eigenvalue weighted by Crippen LogP contribution is 2.21.